The Morgan fingerprint density at radius 2 is 2.00 bits per heavy atom. The Bertz CT molecular complexity index is 577. The molecular formula is C17H24FN3O2. The van der Waals surface area contributed by atoms with Crippen LogP contribution >= 0.6 is 0 Å². The summed E-state index contributed by atoms with van der Waals surface area (Å²) in [7, 11) is 1.57. The maximum atomic E-state index is 13.7. The molecule has 0 aliphatic carbocycles. The number of halogens is 1. The zero-order chi connectivity index (χ0) is 17.0. The number of rotatable bonds is 4. The van der Waals surface area contributed by atoms with E-state index in [0.29, 0.717) is 31.2 Å². The van der Waals surface area contributed by atoms with Crippen LogP contribution in [0.4, 0.5) is 4.39 Å². The summed E-state index contributed by atoms with van der Waals surface area (Å²) in [6, 6.07) is 6.03. The van der Waals surface area contributed by atoms with Gasteiger partial charge in [0.25, 0.3) is 0 Å². The molecule has 6 heteroatoms. The summed E-state index contributed by atoms with van der Waals surface area (Å²) in [5.41, 5.74) is 0.361. The summed E-state index contributed by atoms with van der Waals surface area (Å²) in [6.07, 6.45) is -0.0259. The van der Waals surface area contributed by atoms with Gasteiger partial charge in [0.15, 0.2) is 0 Å². The molecule has 1 N–H and O–H groups in total. The fraction of sp³-hybridized carbons (Fsp3) is 0.529. The minimum atomic E-state index is -0.532. The first-order valence-corrected chi connectivity index (χ1v) is 7.92. The number of amides is 2. The fourth-order valence-corrected chi connectivity index (χ4v) is 2.87. The van der Waals surface area contributed by atoms with Crippen molar-refractivity contribution in [3.8, 4) is 0 Å². The molecule has 1 atom stereocenters. The van der Waals surface area contributed by atoms with Gasteiger partial charge in [-0.05, 0) is 25.5 Å². The van der Waals surface area contributed by atoms with Gasteiger partial charge in [0.2, 0.25) is 11.8 Å². The number of nitrogens with zero attached hydrogens (tertiary/aromatic N) is 2. The van der Waals surface area contributed by atoms with E-state index in [1.165, 1.54) is 6.07 Å². The average Bonchev–Trinajstić information content (AvgIpc) is 2.55. The van der Waals surface area contributed by atoms with E-state index in [4.69, 9.17) is 0 Å². The standard InChI is InChI=1S/C17H24FN3O2/c1-12(2)20-8-9-21(15(11-20)17(23)19-3)16(22)10-13-6-4-5-7-14(13)18/h4-7,12,15H,8-11H2,1-3H3,(H,19,23). The minimum absolute atomic E-state index is 0.0259. The van der Waals surface area contributed by atoms with Crippen LogP contribution in [-0.4, -0.2) is 60.4 Å². The molecule has 0 saturated carbocycles. The first-order chi connectivity index (χ1) is 10.9. The van der Waals surface area contributed by atoms with E-state index in [1.807, 2.05) is 0 Å². The summed E-state index contributed by atoms with van der Waals surface area (Å²) >= 11 is 0. The molecule has 1 fully saturated rings. The third kappa shape index (κ3) is 4.07. The Morgan fingerprint density at radius 3 is 2.61 bits per heavy atom. The number of likely N-dealkylation sites (N-methyl/N-ethyl adjacent to an activating group) is 1. The number of carbonyl (C=O) groups is 2. The lowest BCUT2D eigenvalue weighted by molar-refractivity contribution is -0.143. The van der Waals surface area contributed by atoms with Crippen LogP contribution in [0, 0.1) is 5.82 Å². The predicted octanol–water partition coefficient (Wildman–Crippen LogP) is 1.04. The van der Waals surface area contributed by atoms with Crippen LogP contribution in [0.1, 0.15) is 19.4 Å². The maximum Gasteiger partial charge on any atom is 0.243 e. The Hall–Kier alpha value is -1.95. The molecule has 0 aromatic heterocycles. The molecule has 0 spiro atoms. The number of piperazine rings is 1. The Balaban J connectivity index is 2.14. The van der Waals surface area contributed by atoms with E-state index < -0.39 is 11.9 Å². The second-order valence-corrected chi connectivity index (χ2v) is 6.07. The van der Waals surface area contributed by atoms with E-state index in [1.54, 1.807) is 30.1 Å². The van der Waals surface area contributed by atoms with Crippen molar-refractivity contribution < 1.29 is 14.0 Å². The Morgan fingerprint density at radius 1 is 1.30 bits per heavy atom. The van der Waals surface area contributed by atoms with Gasteiger partial charge < -0.3 is 10.2 Å². The van der Waals surface area contributed by atoms with Gasteiger partial charge in [0.05, 0.1) is 6.42 Å². The minimum Gasteiger partial charge on any atom is -0.357 e. The zero-order valence-electron chi connectivity index (χ0n) is 13.9. The summed E-state index contributed by atoms with van der Waals surface area (Å²) < 4.78 is 13.7. The predicted molar refractivity (Wildman–Crippen MR) is 86.4 cm³/mol. The topological polar surface area (TPSA) is 52.7 Å². The van der Waals surface area contributed by atoms with Crippen LogP contribution in [0.15, 0.2) is 24.3 Å². The van der Waals surface area contributed by atoms with E-state index in [-0.39, 0.29) is 18.2 Å². The molecular weight excluding hydrogens is 297 g/mol. The molecule has 1 unspecified atom stereocenters. The van der Waals surface area contributed by atoms with E-state index in [0.717, 1.165) is 0 Å². The maximum absolute atomic E-state index is 13.7. The van der Waals surface area contributed by atoms with Gasteiger partial charge in [0.1, 0.15) is 11.9 Å². The molecule has 1 aromatic rings. The fourth-order valence-electron chi connectivity index (χ4n) is 2.87. The SMILES string of the molecule is CNC(=O)C1CN(C(C)C)CCN1C(=O)Cc1ccccc1F. The molecule has 2 amide bonds. The summed E-state index contributed by atoms with van der Waals surface area (Å²) in [5.74, 6) is -0.789. The third-order valence-corrected chi connectivity index (χ3v) is 4.31. The second kappa shape index (κ2) is 7.55. The molecule has 1 saturated heterocycles. The van der Waals surface area contributed by atoms with Gasteiger partial charge in [-0.1, -0.05) is 18.2 Å². The molecule has 1 aliphatic heterocycles. The van der Waals surface area contributed by atoms with Gasteiger partial charge in [-0.2, -0.15) is 0 Å². The summed E-state index contributed by atoms with van der Waals surface area (Å²) in [6.45, 7) is 5.83. The van der Waals surface area contributed by atoms with Crippen molar-refractivity contribution in [2.75, 3.05) is 26.7 Å². The molecule has 1 aromatic carbocycles. The van der Waals surface area contributed by atoms with Crippen LogP contribution in [0.5, 0.6) is 0 Å². The second-order valence-electron chi connectivity index (χ2n) is 6.07. The van der Waals surface area contributed by atoms with Crippen molar-refractivity contribution in [2.45, 2.75) is 32.4 Å². The van der Waals surface area contributed by atoms with Crippen molar-refractivity contribution in [3.63, 3.8) is 0 Å². The van der Waals surface area contributed by atoms with E-state index in [9.17, 15) is 14.0 Å². The number of hydrogen-bond donors (Lipinski definition) is 1. The van der Waals surface area contributed by atoms with Gasteiger partial charge >= 0.3 is 0 Å². The highest BCUT2D eigenvalue weighted by atomic mass is 19.1. The van der Waals surface area contributed by atoms with Crippen LogP contribution in [0.25, 0.3) is 0 Å². The molecule has 1 heterocycles. The molecule has 0 bridgehead atoms. The van der Waals surface area contributed by atoms with Gasteiger partial charge in [0, 0.05) is 32.7 Å². The quantitative estimate of drug-likeness (QED) is 0.901. The average molecular weight is 321 g/mol. The molecule has 1 aliphatic rings. The first-order valence-electron chi connectivity index (χ1n) is 7.92. The normalized spacial score (nSPS) is 19.0. The van der Waals surface area contributed by atoms with Crippen molar-refractivity contribution in [2.24, 2.45) is 0 Å². The van der Waals surface area contributed by atoms with Crippen LogP contribution in [-0.2, 0) is 16.0 Å². The third-order valence-electron chi connectivity index (χ3n) is 4.31. The first kappa shape index (κ1) is 17.4. The lowest BCUT2D eigenvalue weighted by Crippen LogP contribution is -2.61. The Kier molecular flexibility index (Phi) is 5.71. The lowest BCUT2D eigenvalue weighted by atomic mass is 10.1. The van der Waals surface area contributed by atoms with Gasteiger partial charge in [-0.3, -0.25) is 14.5 Å². The number of benzene rings is 1. The molecule has 0 radical (unpaired) electrons. The molecule has 126 valence electrons. The van der Waals surface area contributed by atoms with Crippen LogP contribution < -0.4 is 5.32 Å². The van der Waals surface area contributed by atoms with Crippen molar-refractivity contribution in [3.05, 3.63) is 35.6 Å². The van der Waals surface area contributed by atoms with E-state index >= 15 is 0 Å². The smallest absolute Gasteiger partial charge is 0.243 e. The lowest BCUT2D eigenvalue weighted by Gasteiger charge is -2.42. The monoisotopic (exact) mass is 321 g/mol. The van der Waals surface area contributed by atoms with Crippen molar-refractivity contribution in [1.29, 1.82) is 0 Å². The Labute approximate surface area is 136 Å². The van der Waals surface area contributed by atoms with E-state index in [2.05, 4.69) is 24.1 Å². The van der Waals surface area contributed by atoms with Crippen molar-refractivity contribution >= 4 is 11.8 Å². The van der Waals surface area contributed by atoms with Crippen LogP contribution in [0.2, 0.25) is 0 Å². The molecule has 5 nitrogen and oxygen atoms in total. The van der Waals surface area contributed by atoms with Gasteiger partial charge in [-0.15, -0.1) is 0 Å². The summed E-state index contributed by atoms with van der Waals surface area (Å²) in [5, 5.41) is 2.62. The van der Waals surface area contributed by atoms with Gasteiger partial charge in [-0.25, -0.2) is 4.39 Å². The largest absolute Gasteiger partial charge is 0.357 e. The van der Waals surface area contributed by atoms with Crippen LogP contribution in [0.3, 0.4) is 0 Å². The molecule has 23 heavy (non-hydrogen) atoms. The molecule has 2 rings (SSSR count). The highest BCUT2D eigenvalue weighted by molar-refractivity contribution is 5.88. The number of hydrogen-bond acceptors (Lipinski definition) is 3. The highest BCUT2D eigenvalue weighted by Gasteiger charge is 2.35. The highest BCUT2D eigenvalue weighted by Crippen LogP contribution is 2.16. The van der Waals surface area contributed by atoms with Crippen molar-refractivity contribution in [1.82, 2.24) is 15.1 Å². The summed E-state index contributed by atoms with van der Waals surface area (Å²) in [4.78, 5) is 28.5. The number of carbonyl (C=O) groups excluding carboxylic acids is 2. The zero-order valence-corrected chi connectivity index (χ0v) is 13.9. The number of nitrogens with one attached hydrogen (secondary N) is 1.